The summed E-state index contributed by atoms with van der Waals surface area (Å²) in [6, 6.07) is 7.63. The lowest BCUT2D eigenvalue weighted by molar-refractivity contribution is -0.142. The Morgan fingerprint density at radius 3 is 2.54 bits per heavy atom. The number of rotatable bonds is 8. The Morgan fingerprint density at radius 1 is 1.19 bits per heavy atom. The zero-order valence-corrected chi connectivity index (χ0v) is 14.7. The van der Waals surface area contributed by atoms with Crippen LogP contribution >= 0.6 is 0 Å². The summed E-state index contributed by atoms with van der Waals surface area (Å²) in [5.41, 5.74) is 0.944. The number of carbonyl (C=O) groups is 3. The predicted molar refractivity (Wildman–Crippen MR) is 94.9 cm³/mol. The fraction of sp³-hybridized carbons (Fsp3) is 0.333. The van der Waals surface area contributed by atoms with Gasteiger partial charge in [-0.05, 0) is 30.5 Å². The third-order valence-electron chi connectivity index (χ3n) is 3.65. The Morgan fingerprint density at radius 2 is 1.92 bits per heavy atom. The zero-order chi connectivity index (χ0) is 19.1. The Balaban J connectivity index is 1.99. The summed E-state index contributed by atoms with van der Waals surface area (Å²) in [6.45, 7) is 3.43. The third-order valence-corrected chi connectivity index (χ3v) is 3.65. The lowest BCUT2D eigenvalue weighted by Crippen LogP contribution is -2.46. The molecule has 8 heteroatoms. The van der Waals surface area contributed by atoms with Crippen LogP contribution in [0.2, 0.25) is 0 Å². The molecule has 0 aliphatic heterocycles. The van der Waals surface area contributed by atoms with Gasteiger partial charge in [0.15, 0.2) is 0 Å². The van der Waals surface area contributed by atoms with Crippen molar-refractivity contribution in [3.8, 4) is 5.69 Å². The number of nitrogens with one attached hydrogen (secondary N) is 2. The maximum atomic E-state index is 12.4. The number of carboxylic acids is 1. The van der Waals surface area contributed by atoms with E-state index in [2.05, 4.69) is 15.7 Å². The highest BCUT2D eigenvalue weighted by Gasteiger charge is 2.21. The van der Waals surface area contributed by atoms with Crippen LogP contribution in [0, 0.1) is 5.92 Å². The van der Waals surface area contributed by atoms with Crippen LogP contribution in [0.3, 0.4) is 0 Å². The number of aliphatic carboxylic acids is 1. The minimum absolute atomic E-state index is 0.118. The number of para-hydroxylation sites is 1. The van der Waals surface area contributed by atoms with Crippen LogP contribution in [0.5, 0.6) is 0 Å². The topological polar surface area (TPSA) is 113 Å². The van der Waals surface area contributed by atoms with E-state index in [-0.39, 0.29) is 12.5 Å². The molecule has 0 fully saturated rings. The van der Waals surface area contributed by atoms with E-state index in [0.717, 1.165) is 0 Å². The van der Waals surface area contributed by atoms with Gasteiger partial charge in [-0.15, -0.1) is 0 Å². The quantitative estimate of drug-likeness (QED) is 0.657. The molecular weight excluding hydrogens is 336 g/mol. The van der Waals surface area contributed by atoms with Gasteiger partial charge in [-0.3, -0.25) is 9.59 Å². The molecule has 1 aromatic heterocycles. The fourth-order valence-corrected chi connectivity index (χ4v) is 2.47. The van der Waals surface area contributed by atoms with Crippen LogP contribution in [0.4, 0.5) is 0 Å². The summed E-state index contributed by atoms with van der Waals surface area (Å²) in [7, 11) is 0. The molecule has 1 aromatic carbocycles. The fourth-order valence-electron chi connectivity index (χ4n) is 2.47. The Kier molecular flexibility index (Phi) is 6.48. The molecule has 8 nitrogen and oxygen atoms in total. The van der Waals surface area contributed by atoms with E-state index in [1.807, 2.05) is 13.8 Å². The van der Waals surface area contributed by atoms with Gasteiger partial charge in [0.1, 0.15) is 6.04 Å². The molecule has 0 saturated carbocycles. The second-order valence-corrected chi connectivity index (χ2v) is 6.24. The summed E-state index contributed by atoms with van der Waals surface area (Å²) in [6.07, 6.45) is 3.63. The molecule has 2 aromatic rings. The van der Waals surface area contributed by atoms with Gasteiger partial charge in [0.05, 0.1) is 17.8 Å². The van der Waals surface area contributed by atoms with Crippen molar-refractivity contribution in [2.75, 3.05) is 6.54 Å². The molecule has 1 heterocycles. The second kappa shape index (κ2) is 8.80. The van der Waals surface area contributed by atoms with Crippen molar-refractivity contribution in [3.05, 3.63) is 48.3 Å². The first-order valence-corrected chi connectivity index (χ1v) is 8.28. The van der Waals surface area contributed by atoms with Crippen LogP contribution in [0.1, 0.15) is 30.6 Å². The zero-order valence-electron chi connectivity index (χ0n) is 14.7. The number of hydrogen-bond acceptors (Lipinski definition) is 4. The summed E-state index contributed by atoms with van der Waals surface area (Å²) in [5.74, 6) is -1.97. The first-order chi connectivity index (χ1) is 12.4. The van der Waals surface area contributed by atoms with Crippen molar-refractivity contribution < 1.29 is 19.5 Å². The molecule has 0 aliphatic carbocycles. The number of carboxylic acid groups (broad SMARTS) is 1. The molecule has 3 N–H and O–H groups in total. The SMILES string of the molecule is CC(C)C[C@H](NC(=O)CNC(=O)c1ccccc1-n1cccn1)C(=O)O. The van der Waals surface area contributed by atoms with E-state index in [1.165, 1.54) is 0 Å². The summed E-state index contributed by atoms with van der Waals surface area (Å²) in [5, 5.41) is 18.2. The van der Waals surface area contributed by atoms with Gasteiger partial charge < -0.3 is 15.7 Å². The van der Waals surface area contributed by atoms with Crippen LogP contribution in [-0.2, 0) is 9.59 Å². The van der Waals surface area contributed by atoms with E-state index in [9.17, 15) is 14.4 Å². The standard InChI is InChI=1S/C18H22N4O4/c1-12(2)10-14(18(25)26)21-16(23)11-19-17(24)13-6-3-4-7-15(13)22-9-5-8-20-22/h3-9,12,14H,10-11H2,1-2H3,(H,19,24)(H,21,23)(H,25,26)/t14-/m0/s1. The van der Waals surface area contributed by atoms with Crippen LogP contribution in [0.25, 0.3) is 5.69 Å². The van der Waals surface area contributed by atoms with E-state index >= 15 is 0 Å². The lowest BCUT2D eigenvalue weighted by Gasteiger charge is -2.17. The van der Waals surface area contributed by atoms with E-state index in [0.29, 0.717) is 17.7 Å². The van der Waals surface area contributed by atoms with Gasteiger partial charge in [0.25, 0.3) is 5.91 Å². The first kappa shape index (κ1) is 19.2. The average Bonchev–Trinajstić information content (AvgIpc) is 3.13. The van der Waals surface area contributed by atoms with Crippen LogP contribution in [0.15, 0.2) is 42.7 Å². The van der Waals surface area contributed by atoms with E-state index in [4.69, 9.17) is 5.11 Å². The highest BCUT2D eigenvalue weighted by atomic mass is 16.4. The number of benzene rings is 1. The lowest BCUT2D eigenvalue weighted by atomic mass is 10.0. The van der Waals surface area contributed by atoms with Gasteiger partial charge in [-0.2, -0.15) is 5.10 Å². The minimum atomic E-state index is -1.09. The molecule has 0 bridgehead atoms. The van der Waals surface area contributed by atoms with Gasteiger partial charge in [-0.25, -0.2) is 9.48 Å². The Labute approximate surface area is 151 Å². The Hall–Kier alpha value is -3.16. The molecule has 26 heavy (non-hydrogen) atoms. The van der Waals surface area contributed by atoms with Gasteiger partial charge in [0.2, 0.25) is 5.91 Å². The smallest absolute Gasteiger partial charge is 0.326 e. The highest BCUT2D eigenvalue weighted by molar-refractivity contribution is 5.99. The maximum absolute atomic E-state index is 12.4. The molecule has 0 radical (unpaired) electrons. The third kappa shape index (κ3) is 5.17. The minimum Gasteiger partial charge on any atom is -0.480 e. The molecule has 0 aliphatic rings. The molecule has 1 atom stereocenters. The number of hydrogen-bond donors (Lipinski definition) is 3. The molecule has 0 spiro atoms. The summed E-state index contributed by atoms with van der Waals surface area (Å²) >= 11 is 0. The first-order valence-electron chi connectivity index (χ1n) is 8.28. The molecule has 0 saturated heterocycles. The van der Waals surface area contributed by atoms with Crippen molar-refractivity contribution in [2.45, 2.75) is 26.3 Å². The van der Waals surface area contributed by atoms with Crippen molar-refractivity contribution in [1.82, 2.24) is 20.4 Å². The van der Waals surface area contributed by atoms with E-state index in [1.54, 1.807) is 47.4 Å². The van der Waals surface area contributed by atoms with Crippen molar-refractivity contribution in [1.29, 1.82) is 0 Å². The molecule has 2 rings (SSSR count). The normalized spacial score (nSPS) is 11.8. The van der Waals surface area contributed by atoms with Crippen LogP contribution < -0.4 is 10.6 Å². The number of carbonyl (C=O) groups excluding carboxylic acids is 2. The summed E-state index contributed by atoms with van der Waals surface area (Å²) in [4.78, 5) is 35.6. The maximum Gasteiger partial charge on any atom is 0.326 e. The van der Waals surface area contributed by atoms with Crippen molar-refractivity contribution in [2.24, 2.45) is 5.92 Å². The second-order valence-electron chi connectivity index (χ2n) is 6.24. The monoisotopic (exact) mass is 358 g/mol. The predicted octanol–water partition coefficient (Wildman–Crippen LogP) is 1.22. The van der Waals surface area contributed by atoms with Gasteiger partial charge >= 0.3 is 5.97 Å². The number of aromatic nitrogens is 2. The molecule has 138 valence electrons. The van der Waals surface area contributed by atoms with Crippen LogP contribution in [-0.4, -0.2) is 45.3 Å². The number of amides is 2. The number of nitrogens with zero attached hydrogens (tertiary/aromatic N) is 2. The average molecular weight is 358 g/mol. The molecule has 0 unspecified atom stereocenters. The van der Waals surface area contributed by atoms with Gasteiger partial charge in [-0.1, -0.05) is 26.0 Å². The highest BCUT2D eigenvalue weighted by Crippen LogP contribution is 2.13. The summed E-state index contributed by atoms with van der Waals surface area (Å²) < 4.78 is 1.55. The van der Waals surface area contributed by atoms with E-state index < -0.39 is 23.8 Å². The Bertz CT molecular complexity index is 771. The van der Waals surface area contributed by atoms with Gasteiger partial charge in [0, 0.05) is 12.4 Å². The molecule has 2 amide bonds. The largest absolute Gasteiger partial charge is 0.480 e. The molecular formula is C18H22N4O4. The van der Waals surface area contributed by atoms with Crippen molar-refractivity contribution in [3.63, 3.8) is 0 Å². The van der Waals surface area contributed by atoms with Crippen molar-refractivity contribution >= 4 is 17.8 Å².